The minimum atomic E-state index is -5.66. The van der Waals surface area contributed by atoms with Gasteiger partial charge in [0.2, 0.25) is 16.6 Å². The van der Waals surface area contributed by atoms with Crippen LogP contribution in [0.2, 0.25) is 0 Å². The SMILES string of the molecule is CC(C)CC(N)C(O)(C(=O)[C@H](CC(C)C)NC(=O)[C@H](Cc1ccccc1)NC(=O)OCc1ccccc1)S(=O)(=O)[O-].[Na+]. The van der Waals surface area contributed by atoms with Crippen molar-refractivity contribution in [2.24, 2.45) is 17.6 Å². The number of ketones is 1. The van der Waals surface area contributed by atoms with E-state index in [9.17, 15) is 32.5 Å². The molecule has 5 N–H and O–H groups in total. The van der Waals surface area contributed by atoms with Gasteiger partial charge in [-0.3, -0.25) is 9.59 Å². The fraction of sp³-hybridized carbons (Fsp3) is 0.483. The predicted octanol–water partition coefficient (Wildman–Crippen LogP) is -0.765. The van der Waals surface area contributed by atoms with Gasteiger partial charge < -0.3 is 30.8 Å². The molecule has 0 bridgehead atoms. The summed E-state index contributed by atoms with van der Waals surface area (Å²) in [6.45, 7) is 6.75. The van der Waals surface area contributed by atoms with Gasteiger partial charge in [-0.25, -0.2) is 13.2 Å². The summed E-state index contributed by atoms with van der Waals surface area (Å²) in [4.78, 5) is 36.2. The van der Waals surface area contributed by atoms with Crippen LogP contribution in [0.5, 0.6) is 0 Å². The van der Waals surface area contributed by atoms with E-state index >= 15 is 0 Å². The molecule has 0 heterocycles. The van der Waals surface area contributed by atoms with Crippen LogP contribution in [0.1, 0.15) is 51.7 Å². The van der Waals surface area contributed by atoms with Crippen LogP contribution >= 0.6 is 0 Å². The summed E-state index contributed by atoms with van der Waals surface area (Å²) in [5.74, 6) is -2.77. The summed E-state index contributed by atoms with van der Waals surface area (Å²) in [5.41, 5.74) is 7.32. The number of aliphatic hydroxyl groups is 1. The molecule has 2 rings (SSSR count). The topological polar surface area (TPSA) is 188 Å². The molecule has 0 saturated heterocycles. The van der Waals surface area contributed by atoms with Crippen molar-refractivity contribution in [1.29, 1.82) is 0 Å². The van der Waals surface area contributed by atoms with Crippen molar-refractivity contribution in [2.75, 3.05) is 0 Å². The molecule has 0 aliphatic carbocycles. The van der Waals surface area contributed by atoms with E-state index in [1.54, 1.807) is 82.3 Å². The first-order chi connectivity index (χ1) is 19.1. The predicted molar refractivity (Wildman–Crippen MR) is 152 cm³/mol. The van der Waals surface area contributed by atoms with Gasteiger partial charge in [-0.1, -0.05) is 88.4 Å². The Morgan fingerprint density at radius 1 is 0.881 bits per heavy atom. The van der Waals surface area contributed by atoms with E-state index in [1.165, 1.54) is 0 Å². The smallest absolute Gasteiger partial charge is 0.745 e. The third-order valence-electron chi connectivity index (χ3n) is 6.41. The van der Waals surface area contributed by atoms with Crippen LogP contribution in [0.4, 0.5) is 4.79 Å². The van der Waals surface area contributed by atoms with Crippen LogP contribution in [0.25, 0.3) is 0 Å². The van der Waals surface area contributed by atoms with Gasteiger partial charge in [-0.15, -0.1) is 0 Å². The van der Waals surface area contributed by atoms with E-state index in [0.29, 0.717) is 5.56 Å². The number of hydrogen-bond donors (Lipinski definition) is 4. The second-order valence-electron chi connectivity index (χ2n) is 10.9. The molecule has 42 heavy (non-hydrogen) atoms. The first-order valence-corrected chi connectivity index (χ1v) is 14.8. The zero-order chi connectivity index (χ0) is 30.8. The van der Waals surface area contributed by atoms with Crippen molar-refractivity contribution >= 4 is 27.9 Å². The van der Waals surface area contributed by atoms with Crippen LogP contribution in [0, 0.1) is 11.8 Å². The number of benzene rings is 2. The summed E-state index contributed by atoms with van der Waals surface area (Å²) in [7, 11) is -5.66. The van der Waals surface area contributed by atoms with Crippen LogP contribution in [0.3, 0.4) is 0 Å². The van der Waals surface area contributed by atoms with Gasteiger partial charge in [-0.05, 0) is 35.8 Å². The van der Waals surface area contributed by atoms with Crippen molar-refractivity contribution in [3.05, 3.63) is 71.8 Å². The van der Waals surface area contributed by atoms with E-state index in [1.807, 2.05) is 6.07 Å². The number of alkyl carbamates (subject to hydrolysis) is 1. The number of Topliss-reactive ketones (excluding diaryl/α,β-unsaturated/α-hetero) is 1. The minimum absolute atomic E-state index is 0. The van der Waals surface area contributed by atoms with Gasteiger partial charge in [0.25, 0.3) is 0 Å². The molecule has 0 saturated carbocycles. The van der Waals surface area contributed by atoms with E-state index in [2.05, 4.69) is 10.6 Å². The molecular weight excluding hydrogens is 573 g/mol. The largest absolute Gasteiger partial charge is 1.00 e. The normalized spacial score (nSPS) is 15.1. The average molecular weight is 614 g/mol. The Morgan fingerprint density at radius 3 is 1.86 bits per heavy atom. The van der Waals surface area contributed by atoms with Crippen LogP contribution in [-0.2, 0) is 37.5 Å². The molecule has 0 aliphatic heterocycles. The van der Waals surface area contributed by atoms with Gasteiger partial charge in [0.15, 0.2) is 0 Å². The molecule has 13 heteroatoms. The zero-order valence-electron chi connectivity index (χ0n) is 24.8. The molecular formula is C29H40N3NaO8S. The Balaban J connectivity index is 0.00000882. The van der Waals surface area contributed by atoms with E-state index < -0.39 is 51.0 Å². The molecule has 0 aliphatic rings. The quantitative estimate of drug-likeness (QED) is 0.148. The van der Waals surface area contributed by atoms with Gasteiger partial charge in [0, 0.05) is 6.42 Å². The Morgan fingerprint density at radius 2 is 1.38 bits per heavy atom. The van der Waals surface area contributed by atoms with Crippen molar-refractivity contribution in [3.8, 4) is 0 Å². The van der Waals surface area contributed by atoms with Crippen molar-refractivity contribution in [2.45, 2.75) is 76.6 Å². The maximum atomic E-state index is 13.5. The fourth-order valence-corrected chi connectivity index (χ4v) is 5.21. The maximum absolute atomic E-state index is 13.5. The number of nitrogens with two attached hydrogens (primary N) is 1. The number of carbonyl (C=O) groups excluding carboxylic acids is 3. The average Bonchev–Trinajstić information content (AvgIpc) is 2.90. The number of ether oxygens (including phenoxy) is 1. The summed E-state index contributed by atoms with van der Waals surface area (Å²) in [6, 6.07) is 13.1. The fourth-order valence-electron chi connectivity index (χ4n) is 4.35. The molecule has 2 unspecified atom stereocenters. The second kappa shape index (κ2) is 17.1. The minimum Gasteiger partial charge on any atom is -0.745 e. The molecule has 2 aromatic rings. The standard InChI is InChI=1S/C29H41N3O8S.Na/c1-19(2)15-23(26(33)29(36,41(37,38)39)25(30)16-20(3)4)31-27(34)24(17-21-11-7-5-8-12-21)32-28(35)40-18-22-13-9-6-10-14-22;/h5-14,19-20,23-25,36H,15-18,30H2,1-4H3,(H,31,34)(H,32,35)(H,37,38,39);/q;+1/p-1/t23-,24-,25?,29?;/m0./s1. The van der Waals surface area contributed by atoms with Crippen molar-refractivity contribution < 1.29 is 66.8 Å². The number of amides is 2. The van der Waals surface area contributed by atoms with Gasteiger partial charge in [0.1, 0.15) is 22.8 Å². The number of nitrogens with one attached hydrogen (secondary N) is 2. The van der Waals surface area contributed by atoms with E-state index in [4.69, 9.17) is 10.5 Å². The molecule has 11 nitrogen and oxygen atoms in total. The maximum Gasteiger partial charge on any atom is 1.00 e. The number of rotatable bonds is 15. The summed E-state index contributed by atoms with van der Waals surface area (Å²) < 4.78 is 41.9. The van der Waals surface area contributed by atoms with Crippen LogP contribution < -0.4 is 45.9 Å². The van der Waals surface area contributed by atoms with Gasteiger partial charge in [0.05, 0.1) is 12.1 Å². The Hall–Kier alpha value is -2.32. The van der Waals surface area contributed by atoms with Crippen molar-refractivity contribution in [3.63, 3.8) is 0 Å². The van der Waals surface area contributed by atoms with E-state index in [0.717, 1.165) is 5.56 Å². The second-order valence-corrected chi connectivity index (χ2v) is 12.4. The molecule has 226 valence electrons. The Bertz CT molecular complexity index is 1260. The van der Waals surface area contributed by atoms with Gasteiger partial charge in [-0.2, -0.15) is 0 Å². The zero-order valence-corrected chi connectivity index (χ0v) is 27.6. The van der Waals surface area contributed by atoms with Crippen LogP contribution in [0.15, 0.2) is 60.7 Å². The van der Waals surface area contributed by atoms with Gasteiger partial charge >= 0.3 is 35.7 Å². The summed E-state index contributed by atoms with van der Waals surface area (Å²) >= 11 is 0. The third-order valence-corrected chi connectivity index (χ3v) is 7.67. The number of carbonyl (C=O) groups is 3. The van der Waals surface area contributed by atoms with Crippen molar-refractivity contribution in [1.82, 2.24) is 10.6 Å². The first-order valence-electron chi connectivity index (χ1n) is 13.4. The molecule has 0 spiro atoms. The molecule has 0 fully saturated rings. The summed E-state index contributed by atoms with van der Waals surface area (Å²) in [6.07, 6.45) is -1.13. The molecule has 4 atom stereocenters. The molecule has 2 aromatic carbocycles. The monoisotopic (exact) mass is 613 g/mol. The van der Waals surface area contributed by atoms with E-state index in [-0.39, 0.29) is 67.3 Å². The summed E-state index contributed by atoms with van der Waals surface area (Å²) in [5, 5.41) is 16.0. The molecule has 0 radical (unpaired) electrons. The van der Waals surface area contributed by atoms with Crippen LogP contribution in [-0.4, -0.2) is 58.9 Å². The third kappa shape index (κ3) is 11.1. The molecule has 0 aromatic heterocycles. The first kappa shape index (κ1) is 37.7. The molecule has 2 amide bonds. The Kier molecular flexibility index (Phi) is 15.3. The Labute approximate surface area is 270 Å². The number of hydrogen-bond acceptors (Lipinski definition) is 9.